The minimum atomic E-state index is -0.327. The zero-order valence-electron chi connectivity index (χ0n) is 25.6. The lowest BCUT2D eigenvalue weighted by Gasteiger charge is -2.28. The lowest BCUT2D eigenvalue weighted by Crippen LogP contribution is -2.15. The fraction of sp³-hybridized carbons (Fsp3) is 0.649. The van der Waals surface area contributed by atoms with Crippen molar-refractivity contribution in [2.24, 2.45) is 11.8 Å². The predicted molar refractivity (Wildman–Crippen MR) is 168 cm³/mol. The minimum Gasteiger partial charge on any atom is -0.494 e. The van der Waals surface area contributed by atoms with Crippen molar-refractivity contribution in [3.8, 4) is 11.5 Å². The van der Waals surface area contributed by atoms with Crippen LogP contribution in [0.5, 0.6) is 11.5 Å². The molecule has 0 spiro atoms. The Kier molecular flexibility index (Phi) is 15.9. The van der Waals surface area contributed by atoms with Crippen molar-refractivity contribution in [3.05, 3.63) is 59.7 Å². The van der Waals surface area contributed by atoms with E-state index < -0.39 is 0 Å². The summed E-state index contributed by atoms with van der Waals surface area (Å²) < 4.78 is 11.6. The van der Waals surface area contributed by atoms with E-state index in [0.717, 1.165) is 37.0 Å². The van der Waals surface area contributed by atoms with Gasteiger partial charge in [0.1, 0.15) is 11.5 Å². The molecule has 40 heavy (non-hydrogen) atoms. The van der Waals surface area contributed by atoms with Crippen molar-refractivity contribution in [3.63, 3.8) is 0 Å². The van der Waals surface area contributed by atoms with E-state index in [4.69, 9.17) is 9.47 Å². The third-order valence-corrected chi connectivity index (χ3v) is 8.75. The maximum Gasteiger partial charge on any atom is 0.343 e. The molecule has 0 N–H and O–H groups in total. The van der Waals surface area contributed by atoms with Crippen molar-refractivity contribution < 1.29 is 14.3 Å². The van der Waals surface area contributed by atoms with Gasteiger partial charge in [-0.15, -0.1) is 0 Å². The standard InChI is InChI=1S/C37H56O3/c1-3-5-7-9-11-13-16-32-22-26-36(27-23-32)40-37(38)34-24-28-35(29-25-34)39-30-14-17-33-20-18-31(19-21-33)15-12-10-8-6-4-2/h22-29,31,33H,3-21,30H2,1-2H3. The molecule has 0 amide bonds. The van der Waals surface area contributed by atoms with Crippen LogP contribution in [0.2, 0.25) is 0 Å². The molecule has 0 radical (unpaired) electrons. The molecule has 1 aliphatic rings. The first kappa shape index (κ1) is 32.2. The molecule has 1 aliphatic carbocycles. The number of hydrogen-bond donors (Lipinski definition) is 0. The van der Waals surface area contributed by atoms with E-state index in [1.165, 1.54) is 115 Å². The van der Waals surface area contributed by atoms with E-state index in [0.29, 0.717) is 11.3 Å². The molecular weight excluding hydrogens is 492 g/mol. The van der Waals surface area contributed by atoms with Gasteiger partial charge in [0.25, 0.3) is 0 Å². The highest BCUT2D eigenvalue weighted by Crippen LogP contribution is 2.34. The van der Waals surface area contributed by atoms with Gasteiger partial charge in [0.05, 0.1) is 12.2 Å². The Hall–Kier alpha value is -2.29. The topological polar surface area (TPSA) is 35.5 Å². The maximum absolute atomic E-state index is 12.6. The van der Waals surface area contributed by atoms with Gasteiger partial charge in [-0.2, -0.15) is 0 Å². The summed E-state index contributed by atoms with van der Waals surface area (Å²) >= 11 is 0. The second-order valence-corrected chi connectivity index (χ2v) is 12.2. The number of ether oxygens (including phenoxy) is 2. The Balaban J connectivity index is 1.26. The van der Waals surface area contributed by atoms with Gasteiger partial charge >= 0.3 is 5.97 Å². The van der Waals surface area contributed by atoms with Crippen molar-refractivity contribution in [2.45, 2.75) is 136 Å². The Morgan fingerprint density at radius 3 is 1.77 bits per heavy atom. The highest BCUT2D eigenvalue weighted by atomic mass is 16.5. The zero-order chi connectivity index (χ0) is 28.3. The van der Waals surface area contributed by atoms with Gasteiger partial charge in [-0.3, -0.25) is 0 Å². The van der Waals surface area contributed by atoms with Gasteiger partial charge in [-0.25, -0.2) is 4.79 Å². The number of carbonyl (C=O) groups is 1. The summed E-state index contributed by atoms with van der Waals surface area (Å²) in [6, 6.07) is 15.3. The number of aryl methyl sites for hydroxylation is 1. The van der Waals surface area contributed by atoms with E-state index in [9.17, 15) is 4.79 Å². The Morgan fingerprint density at radius 1 is 0.625 bits per heavy atom. The minimum absolute atomic E-state index is 0.327. The second-order valence-electron chi connectivity index (χ2n) is 12.2. The molecule has 3 nitrogen and oxygen atoms in total. The Morgan fingerprint density at radius 2 is 1.15 bits per heavy atom. The van der Waals surface area contributed by atoms with Crippen molar-refractivity contribution in [1.82, 2.24) is 0 Å². The third-order valence-electron chi connectivity index (χ3n) is 8.75. The zero-order valence-corrected chi connectivity index (χ0v) is 25.6. The SMILES string of the molecule is CCCCCCCCc1ccc(OC(=O)c2ccc(OCCCC3CCC(CCCCCCC)CC3)cc2)cc1. The molecule has 0 aromatic heterocycles. The highest BCUT2D eigenvalue weighted by molar-refractivity contribution is 5.91. The first-order chi connectivity index (χ1) is 19.7. The molecule has 0 bridgehead atoms. The summed E-state index contributed by atoms with van der Waals surface area (Å²) in [5.74, 6) is 2.95. The summed E-state index contributed by atoms with van der Waals surface area (Å²) in [5.41, 5.74) is 1.85. The van der Waals surface area contributed by atoms with Gasteiger partial charge in [0.15, 0.2) is 0 Å². The molecule has 2 aromatic rings. The number of carbonyl (C=O) groups excluding carboxylic acids is 1. The monoisotopic (exact) mass is 548 g/mol. The summed E-state index contributed by atoms with van der Waals surface area (Å²) in [6.45, 7) is 5.28. The predicted octanol–water partition coefficient (Wildman–Crippen LogP) is 11.1. The molecule has 3 heteroatoms. The number of esters is 1. The van der Waals surface area contributed by atoms with E-state index in [1.54, 1.807) is 12.1 Å². The van der Waals surface area contributed by atoms with Gasteiger partial charge in [-0.05, 0) is 79.5 Å². The second kappa shape index (κ2) is 19.7. The van der Waals surface area contributed by atoms with Crippen LogP contribution in [-0.4, -0.2) is 12.6 Å². The maximum atomic E-state index is 12.6. The largest absolute Gasteiger partial charge is 0.494 e. The van der Waals surface area contributed by atoms with Gasteiger partial charge in [0.2, 0.25) is 0 Å². The quantitative estimate of drug-likeness (QED) is 0.0937. The first-order valence-corrected chi connectivity index (χ1v) is 16.7. The highest BCUT2D eigenvalue weighted by Gasteiger charge is 2.20. The normalized spacial score (nSPS) is 17.1. The third kappa shape index (κ3) is 12.9. The molecule has 0 atom stereocenters. The van der Waals surface area contributed by atoms with E-state index in [1.807, 2.05) is 24.3 Å². The fourth-order valence-corrected chi connectivity index (χ4v) is 6.09. The van der Waals surface area contributed by atoms with Crippen LogP contribution in [0.4, 0.5) is 0 Å². The van der Waals surface area contributed by atoms with Gasteiger partial charge in [0, 0.05) is 0 Å². The molecular formula is C37H56O3. The fourth-order valence-electron chi connectivity index (χ4n) is 6.09. The van der Waals surface area contributed by atoms with Crippen molar-refractivity contribution in [1.29, 1.82) is 0 Å². The summed E-state index contributed by atoms with van der Waals surface area (Å²) in [5, 5.41) is 0. The molecule has 0 unspecified atom stereocenters. The summed E-state index contributed by atoms with van der Waals surface area (Å²) in [6.07, 6.45) is 25.4. The van der Waals surface area contributed by atoms with Crippen molar-refractivity contribution >= 4 is 5.97 Å². The van der Waals surface area contributed by atoms with E-state index >= 15 is 0 Å². The first-order valence-electron chi connectivity index (χ1n) is 16.7. The number of unbranched alkanes of at least 4 members (excludes halogenated alkanes) is 9. The van der Waals surface area contributed by atoms with Gasteiger partial charge in [-0.1, -0.05) is 122 Å². The molecule has 1 saturated carbocycles. The van der Waals surface area contributed by atoms with Gasteiger partial charge < -0.3 is 9.47 Å². The van der Waals surface area contributed by atoms with Crippen LogP contribution in [0.25, 0.3) is 0 Å². The van der Waals surface area contributed by atoms with Crippen LogP contribution >= 0.6 is 0 Å². The van der Waals surface area contributed by atoms with Crippen LogP contribution in [0.15, 0.2) is 48.5 Å². The molecule has 0 saturated heterocycles. The molecule has 1 fully saturated rings. The van der Waals surface area contributed by atoms with Crippen LogP contribution in [0, 0.1) is 11.8 Å². The lowest BCUT2D eigenvalue weighted by molar-refractivity contribution is 0.0734. The van der Waals surface area contributed by atoms with Crippen LogP contribution in [0.3, 0.4) is 0 Å². The van der Waals surface area contributed by atoms with Crippen LogP contribution in [-0.2, 0) is 6.42 Å². The smallest absolute Gasteiger partial charge is 0.343 e. The van der Waals surface area contributed by atoms with E-state index in [2.05, 4.69) is 26.0 Å². The number of rotatable bonds is 20. The van der Waals surface area contributed by atoms with Crippen LogP contribution in [0.1, 0.15) is 145 Å². The average molecular weight is 549 g/mol. The molecule has 0 heterocycles. The number of hydrogen-bond acceptors (Lipinski definition) is 3. The summed E-state index contributed by atoms with van der Waals surface area (Å²) in [7, 11) is 0. The summed E-state index contributed by atoms with van der Waals surface area (Å²) in [4.78, 5) is 12.6. The molecule has 222 valence electrons. The molecule has 2 aromatic carbocycles. The van der Waals surface area contributed by atoms with Crippen molar-refractivity contribution in [2.75, 3.05) is 6.61 Å². The van der Waals surface area contributed by atoms with E-state index in [-0.39, 0.29) is 5.97 Å². The Bertz CT molecular complexity index is 909. The average Bonchev–Trinajstić information content (AvgIpc) is 2.99. The molecule has 3 rings (SSSR count). The Labute approximate surface area is 245 Å². The lowest BCUT2D eigenvalue weighted by atomic mass is 9.78. The molecule has 0 aliphatic heterocycles. The number of benzene rings is 2. The van der Waals surface area contributed by atoms with Crippen LogP contribution < -0.4 is 9.47 Å².